The molecule has 0 saturated carbocycles. The van der Waals surface area contributed by atoms with Crippen LogP contribution >= 0.6 is 15.9 Å². The van der Waals surface area contributed by atoms with E-state index in [1.54, 1.807) is 0 Å². The maximum atomic E-state index is 12.7. The van der Waals surface area contributed by atoms with Crippen molar-refractivity contribution in [3.8, 4) is 5.88 Å². The molecule has 18 heavy (non-hydrogen) atoms. The van der Waals surface area contributed by atoms with Crippen molar-refractivity contribution < 1.29 is 22.3 Å². The van der Waals surface area contributed by atoms with Crippen LogP contribution in [0.5, 0.6) is 5.88 Å². The van der Waals surface area contributed by atoms with Gasteiger partial charge in [0, 0.05) is 12.5 Å². The average Bonchev–Trinajstić information content (AvgIpc) is 2.26. The first-order chi connectivity index (χ1) is 8.35. The second kappa shape index (κ2) is 6.31. The van der Waals surface area contributed by atoms with Gasteiger partial charge in [0.15, 0.2) is 6.61 Å². The molecule has 0 unspecified atom stereocenters. The number of alkyl halides is 4. The van der Waals surface area contributed by atoms with Crippen LogP contribution in [0.15, 0.2) is 10.7 Å². The zero-order valence-electron chi connectivity index (χ0n) is 9.47. The van der Waals surface area contributed by atoms with E-state index in [4.69, 9.17) is 0 Å². The van der Waals surface area contributed by atoms with Crippen LogP contribution in [0, 0.1) is 0 Å². The van der Waals surface area contributed by atoms with E-state index in [1.165, 1.54) is 6.07 Å². The summed E-state index contributed by atoms with van der Waals surface area (Å²) in [6.45, 7) is 0.482. The third kappa shape index (κ3) is 4.40. The summed E-state index contributed by atoms with van der Waals surface area (Å²) in [5, 5.41) is 0. The van der Waals surface area contributed by atoms with Crippen molar-refractivity contribution in [2.45, 2.75) is 32.1 Å². The zero-order valence-corrected chi connectivity index (χ0v) is 11.1. The molecule has 0 bridgehead atoms. The average molecular weight is 331 g/mol. The summed E-state index contributed by atoms with van der Waals surface area (Å²) in [5.41, 5.74) is 0. The molecule has 102 valence electrons. The van der Waals surface area contributed by atoms with Crippen molar-refractivity contribution in [1.82, 2.24) is 9.97 Å². The lowest BCUT2D eigenvalue weighted by Crippen LogP contribution is -2.34. The molecule has 0 atom stereocenters. The molecular formula is C10H11BrF4N2O. The van der Waals surface area contributed by atoms with Crippen molar-refractivity contribution in [2.75, 3.05) is 6.61 Å². The van der Waals surface area contributed by atoms with Crippen LogP contribution in [-0.2, 0) is 6.42 Å². The van der Waals surface area contributed by atoms with Crippen molar-refractivity contribution in [1.29, 1.82) is 0 Å². The normalized spacial score (nSPS) is 11.9. The number of halogens is 5. The number of aromatic nitrogens is 2. The Morgan fingerprint density at radius 3 is 2.61 bits per heavy atom. The highest BCUT2D eigenvalue weighted by Gasteiger charge is 2.41. The summed E-state index contributed by atoms with van der Waals surface area (Å²) in [6.07, 6.45) is -2.46. The maximum Gasteiger partial charge on any atom is 0.340 e. The summed E-state index contributed by atoms with van der Waals surface area (Å²) >= 11 is 3.07. The van der Waals surface area contributed by atoms with Gasteiger partial charge in [-0.05, 0) is 22.4 Å². The molecular weight excluding hydrogens is 320 g/mol. The third-order valence-corrected chi connectivity index (χ3v) is 2.33. The molecule has 0 fully saturated rings. The first-order valence-corrected chi connectivity index (χ1v) is 5.96. The SMILES string of the molecule is CCCc1nc(Br)cc(OCC(F)(F)C(F)F)n1. The molecule has 1 aromatic heterocycles. The molecule has 0 saturated heterocycles. The number of hydrogen-bond acceptors (Lipinski definition) is 3. The van der Waals surface area contributed by atoms with Gasteiger partial charge in [-0.2, -0.15) is 13.8 Å². The van der Waals surface area contributed by atoms with Crippen LogP contribution in [0.2, 0.25) is 0 Å². The van der Waals surface area contributed by atoms with Gasteiger partial charge < -0.3 is 4.74 Å². The molecule has 0 aromatic carbocycles. The van der Waals surface area contributed by atoms with Gasteiger partial charge in [0.2, 0.25) is 5.88 Å². The minimum atomic E-state index is -4.19. The Labute approximate surface area is 110 Å². The van der Waals surface area contributed by atoms with Gasteiger partial charge in [0.1, 0.15) is 10.4 Å². The van der Waals surface area contributed by atoms with Crippen LogP contribution in [0.1, 0.15) is 19.2 Å². The molecule has 0 radical (unpaired) electrons. The number of hydrogen-bond donors (Lipinski definition) is 0. The highest BCUT2D eigenvalue weighted by atomic mass is 79.9. The van der Waals surface area contributed by atoms with E-state index in [1.807, 2.05) is 6.92 Å². The molecule has 0 N–H and O–H groups in total. The summed E-state index contributed by atoms with van der Waals surface area (Å²) in [5.74, 6) is -3.94. The number of rotatable bonds is 6. The molecule has 1 rings (SSSR count). The van der Waals surface area contributed by atoms with Gasteiger partial charge in [-0.15, -0.1) is 0 Å². The molecule has 0 spiro atoms. The molecule has 0 aliphatic heterocycles. The molecule has 0 amide bonds. The minimum Gasteiger partial charge on any atom is -0.471 e. The van der Waals surface area contributed by atoms with Crippen LogP contribution in [0.4, 0.5) is 17.6 Å². The highest BCUT2D eigenvalue weighted by molar-refractivity contribution is 9.10. The van der Waals surface area contributed by atoms with E-state index < -0.39 is 19.0 Å². The fourth-order valence-electron chi connectivity index (χ4n) is 1.08. The maximum absolute atomic E-state index is 12.7. The van der Waals surface area contributed by atoms with Crippen molar-refractivity contribution in [3.05, 3.63) is 16.5 Å². The number of ether oxygens (including phenoxy) is 1. The standard InChI is InChI=1S/C10H11BrF4N2O/c1-2-3-7-16-6(11)4-8(17-7)18-5-10(14,15)9(12)13/h4,9H,2-3,5H2,1H3. The van der Waals surface area contributed by atoms with Crippen molar-refractivity contribution >= 4 is 15.9 Å². The van der Waals surface area contributed by atoms with Crippen LogP contribution < -0.4 is 4.74 Å². The Bertz CT molecular complexity index is 403. The van der Waals surface area contributed by atoms with E-state index in [9.17, 15) is 17.6 Å². The van der Waals surface area contributed by atoms with E-state index >= 15 is 0 Å². The van der Waals surface area contributed by atoms with E-state index in [0.29, 0.717) is 16.8 Å². The Morgan fingerprint density at radius 2 is 2.06 bits per heavy atom. The lowest BCUT2D eigenvalue weighted by molar-refractivity contribution is -0.148. The fourth-order valence-corrected chi connectivity index (χ4v) is 1.48. The van der Waals surface area contributed by atoms with Gasteiger partial charge >= 0.3 is 12.3 Å². The first-order valence-electron chi connectivity index (χ1n) is 5.17. The Hall–Kier alpha value is -0.920. The topological polar surface area (TPSA) is 35.0 Å². The van der Waals surface area contributed by atoms with Crippen LogP contribution in [0.25, 0.3) is 0 Å². The van der Waals surface area contributed by atoms with E-state index in [2.05, 4.69) is 30.6 Å². The smallest absolute Gasteiger partial charge is 0.340 e. The van der Waals surface area contributed by atoms with Crippen LogP contribution in [-0.4, -0.2) is 28.9 Å². The lowest BCUT2D eigenvalue weighted by Gasteiger charge is -2.15. The van der Waals surface area contributed by atoms with E-state index in [0.717, 1.165) is 6.42 Å². The Kier molecular flexibility index (Phi) is 5.30. The Morgan fingerprint density at radius 1 is 1.39 bits per heavy atom. The molecule has 1 aromatic rings. The molecule has 8 heteroatoms. The summed E-state index contributed by atoms with van der Waals surface area (Å²) in [6, 6.07) is 1.25. The van der Waals surface area contributed by atoms with Gasteiger partial charge in [0.05, 0.1) is 0 Å². The monoisotopic (exact) mass is 330 g/mol. The lowest BCUT2D eigenvalue weighted by atomic mass is 10.3. The van der Waals surface area contributed by atoms with Gasteiger partial charge in [-0.1, -0.05) is 6.92 Å². The fraction of sp³-hybridized carbons (Fsp3) is 0.600. The second-order valence-electron chi connectivity index (χ2n) is 3.55. The predicted molar refractivity (Wildman–Crippen MR) is 60.2 cm³/mol. The molecule has 3 nitrogen and oxygen atoms in total. The largest absolute Gasteiger partial charge is 0.471 e. The van der Waals surface area contributed by atoms with E-state index in [-0.39, 0.29) is 5.88 Å². The highest BCUT2D eigenvalue weighted by Crippen LogP contribution is 2.24. The first kappa shape index (κ1) is 15.1. The van der Waals surface area contributed by atoms with Crippen molar-refractivity contribution in [2.24, 2.45) is 0 Å². The zero-order chi connectivity index (χ0) is 13.8. The summed E-state index contributed by atoms with van der Waals surface area (Å²) in [4.78, 5) is 7.84. The minimum absolute atomic E-state index is 0.152. The number of aryl methyl sites for hydroxylation is 1. The third-order valence-electron chi connectivity index (χ3n) is 1.92. The Balaban J connectivity index is 2.73. The van der Waals surface area contributed by atoms with Gasteiger partial charge in [-0.3, -0.25) is 0 Å². The predicted octanol–water partition coefficient (Wildman–Crippen LogP) is 3.47. The van der Waals surface area contributed by atoms with Crippen LogP contribution in [0.3, 0.4) is 0 Å². The summed E-state index contributed by atoms with van der Waals surface area (Å²) in [7, 11) is 0. The molecule has 1 heterocycles. The quantitative estimate of drug-likeness (QED) is 0.591. The van der Waals surface area contributed by atoms with Crippen molar-refractivity contribution in [3.63, 3.8) is 0 Å². The second-order valence-corrected chi connectivity index (χ2v) is 4.36. The number of nitrogens with zero attached hydrogens (tertiary/aromatic N) is 2. The molecule has 0 aliphatic carbocycles. The van der Waals surface area contributed by atoms with Gasteiger partial charge in [-0.25, -0.2) is 13.8 Å². The summed E-state index contributed by atoms with van der Waals surface area (Å²) < 4.78 is 54.1. The molecule has 0 aliphatic rings. The van der Waals surface area contributed by atoms with Gasteiger partial charge in [0.25, 0.3) is 0 Å².